The van der Waals surface area contributed by atoms with Gasteiger partial charge in [-0.2, -0.15) is 15.6 Å². The maximum atomic E-state index is 9.38. The first-order valence-electron chi connectivity index (χ1n) is 6.37. The van der Waals surface area contributed by atoms with Crippen molar-refractivity contribution >= 4 is 11.3 Å². The van der Waals surface area contributed by atoms with Crippen LogP contribution in [0.4, 0.5) is 5.82 Å². The molecule has 6 nitrogen and oxygen atoms in total. The molecule has 3 heterocycles. The zero-order valence-electron chi connectivity index (χ0n) is 11.4. The van der Waals surface area contributed by atoms with Gasteiger partial charge in [-0.05, 0) is 19.1 Å². The van der Waals surface area contributed by atoms with Crippen molar-refractivity contribution in [2.75, 3.05) is 5.73 Å². The van der Waals surface area contributed by atoms with Crippen LogP contribution in [0.15, 0.2) is 30.6 Å². The summed E-state index contributed by atoms with van der Waals surface area (Å²) < 4.78 is 3.45. The highest BCUT2D eigenvalue weighted by molar-refractivity contribution is 5.65. The standard InChI is InChI=1S/C15H12N6/c1-10-12(6-16)15(18)21(19-10)9-11-8-20-5-3-2-4-14(20)13(11)7-17/h2-5,8H,9,18H2,1H3. The van der Waals surface area contributed by atoms with E-state index < -0.39 is 0 Å². The van der Waals surface area contributed by atoms with Gasteiger partial charge in [-0.15, -0.1) is 0 Å². The molecule has 3 aromatic rings. The first-order chi connectivity index (χ1) is 10.2. The zero-order valence-corrected chi connectivity index (χ0v) is 11.4. The lowest BCUT2D eigenvalue weighted by atomic mass is 10.2. The Kier molecular flexibility index (Phi) is 2.85. The van der Waals surface area contributed by atoms with Crippen molar-refractivity contribution in [1.29, 1.82) is 10.5 Å². The Morgan fingerprint density at radius 1 is 1.24 bits per heavy atom. The number of pyridine rings is 1. The molecule has 6 heteroatoms. The van der Waals surface area contributed by atoms with Crippen molar-refractivity contribution in [3.63, 3.8) is 0 Å². The fourth-order valence-corrected chi connectivity index (χ4v) is 2.45. The van der Waals surface area contributed by atoms with Gasteiger partial charge in [0.1, 0.15) is 23.5 Å². The van der Waals surface area contributed by atoms with Gasteiger partial charge in [-0.25, -0.2) is 4.68 Å². The van der Waals surface area contributed by atoms with Crippen molar-refractivity contribution in [2.45, 2.75) is 13.5 Å². The van der Waals surface area contributed by atoms with E-state index in [0.717, 1.165) is 11.1 Å². The highest BCUT2D eigenvalue weighted by Crippen LogP contribution is 2.21. The van der Waals surface area contributed by atoms with Gasteiger partial charge in [0.15, 0.2) is 0 Å². The van der Waals surface area contributed by atoms with Crippen LogP contribution in [0.2, 0.25) is 0 Å². The maximum Gasteiger partial charge on any atom is 0.140 e. The van der Waals surface area contributed by atoms with Crippen LogP contribution in [0, 0.1) is 29.6 Å². The van der Waals surface area contributed by atoms with Crippen LogP contribution >= 0.6 is 0 Å². The van der Waals surface area contributed by atoms with Gasteiger partial charge in [-0.1, -0.05) is 6.07 Å². The first kappa shape index (κ1) is 12.8. The largest absolute Gasteiger partial charge is 0.383 e. The van der Waals surface area contributed by atoms with Crippen molar-refractivity contribution < 1.29 is 0 Å². The van der Waals surface area contributed by atoms with Crippen molar-refractivity contribution in [3.05, 3.63) is 53.0 Å². The minimum absolute atomic E-state index is 0.328. The predicted octanol–water partition coefficient (Wildman–Crippen LogP) is 1.82. The van der Waals surface area contributed by atoms with Gasteiger partial charge >= 0.3 is 0 Å². The van der Waals surface area contributed by atoms with Crippen LogP contribution in [0.3, 0.4) is 0 Å². The predicted molar refractivity (Wildman–Crippen MR) is 77.3 cm³/mol. The molecule has 0 aliphatic carbocycles. The Bertz CT molecular complexity index is 916. The summed E-state index contributed by atoms with van der Waals surface area (Å²) in [6.07, 6.45) is 3.77. The van der Waals surface area contributed by atoms with Crippen LogP contribution in [0.5, 0.6) is 0 Å². The first-order valence-corrected chi connectivity index (χ1v) is 6.37. The van der Waals surface area contributed by atoms with Crippen LogP contribution in [-0.2, 0) is 6.54 Å². The van der Waals surface area contributed by atoms with E-state index in [1.807, 2.05) is 41.1 Å². The monoisotopic (exact) mass is 276 g/mol. The summed E-state index contributed by atoms with van der Waals surface area (Å²) in [5.74, 6) is 0.328. The summed E-state index contributed by atoms with van der Waals surface area (Å²) in [6, 6.07) is 9.95. The van der Waals surface area contributed by atoms with Gasteiger partial charge in [0.2, 0.25) is 0 Å². The van der Waals surface area contributed by atoms with Gasteiger partial charge in [0.05, 0.1) is 23.3 Å². The smallest absolute Gasteiger partial charge is 0.140 e. The molecule has 3 aromatic heterocycles. The fraction of sp³-hybridized carbons (Fsp3) is 0.133. The third kappa shape index (κ3) is 1.90. The van der Waals surface area contributed by atoms with Crippen molar-refractivity contribution in [1.82, 2.24) is 14.2 Å². The number of hydrogen-bond acceptors (Lipinski definition) is 4. The van der Waals surface area contributed by atoms with Gasteiger partial charge < -0.3 is 10.1 Å². The Labute approximate surface area is 121 Å². The lowest BCUT2D eigenvalue weighted by Gasteiger charge is -2.02. The van der Waals surface area contributed by atoms with E-state index >= 15 is 0 Å². The third-order valence-corrected chi connectivity index (χ3v) is 3.47. The number of rotatable bonds is 2. The number of nitrogens with two attached hydrogens (primary N) is 1. The van der Waals surface area contributed by atoms with E-state index in [-0.39, 0.29) is 0 Å². The summed E-state index contributed by atoms with van der Waals surface area (Å²) in [6.45, 7) is 2.10. The van der Waals surface area contributed by atoms with E-state index in [9.17, 15) is 5.26 Å². The molecular weight excluding hydrogens is 264 g/mol. The number of aromatic nitrogens is 3. The zero-order chi connectivity index (χ0) is 15.0. The highest BCUT2D eigenvalue weighted by Gasteiger charge is 2.15. The van der Waals surface area contributed by atoms with Gasteiger partial charge in [-0.3, -0.25) is 0 Å². The summed E-state index contributed by atoms with van der Waals surface area (Å²) >= 11 is 0. The molecule has 0 saturated heterocycles. The number of hydrogen-bond donors (Lipinski definition) is 1. The minimum atomic E-state index is 0.328. The number of aryl methyl sites for hydroxylation is 1. The second-order valence-electron chi connectivity index (χ2n) is 4.75. The van der Waals surface area contributed by atoms with E-state index in [1.165, 1.54) is 0 Å². The molecule has 0 unspecified atom stereocenters. The van der Waals surface area contributed by atoms with Crippen LogP contribution in [0.25, 0.3) is 5.52 Å². The molecule has 0 bridgehead atoms. The fourth-order valence-electron chi connectivity index (χ4n) is 2.45. The Hall–Kier alpha value is -3.25. The normalized spacial score (nSPS) is 10.4. The lowest BCUT2D eigenvalue weighted by Crippen LogP contribution is -2.06. The number of nitrogen functional groups attached to an aromatic ring is 1. The molecule has 2 N–H and O–H groups in total. The molecule has 3 rings (SSSR count). The van der Waals surface area contributed by atoms with E-state index in [0.29, 0.717) is 29.2 Å². The van der Waals surface area contributed by atoms with E-state index in [1.54, 1.807) is 11.6 Å². The lowest BCUT2D eigenvalue weighted by molar-refractivity contribution is 0.688. The van der Waals surface area contributed by atoms with E-state index in [2.05, 4.69) is 11.2 Å². The summed E-state index contributed by atoms with van der Waals surface area (Å²) in [5.41, 5.74) is 9.18. The Morgan fingerprint density at radius 3 is 2.67 bits per heavy atom. The Morgan fingerprint density at radius 2 is 2.00 bits per heavy atom. The summed E-state index contributed by atoms with van der Waals surface area (Å²) in [4.78, 5) is 0. The quantitative estimate of drug-likeness (QED) is 0.772. The van der Waals surface area contributed by atoms with Gasteiger partial charge in [0, 0.05) is 18.0 Å². The molecule has 0 radical (unpaired) electrons. The number of nitriles is 2. The van der Waals surface area contributed by atoms with Crippen LogP contribution in [-0.4, -0.2) is 14.2 Å². The van der Waals surface area contributed by atoms with Crippen LogP contribution < -0.4 is 5.73 Å². The molecule has 0 amide bonds. The molecule has 0 aliphatic rings. The average Bonchev–Trinajstić information content (AvgIpc) is 2.96. The molecule has 0 atom stereocenters. The topological polar surface area (TPSA) is 95.8 Å². The maximum absolute atomic E-state index is 9.38. The number of fused-ring (bicyclic) bond motifs is 1. The summed E-state index contributed by atoms with van der Waals surface area (Å²) in [5, 5.41) is 22.7. The number of nitrogens with zero attached hydrogens (tertiary/aromatic N) is 5. The van der Waals surface area contributed by atoms with Crippen molar-refractivity contribution in [2.24, 2.45) is 0 Å². The second-order valence-corrected chi connectivity index (χ2v) is 4.75. The summed E-state index contributed by atoms with van der Waals surface area (Å²) in [7, 11) is 0. The van der Waals surface area contributed by atoms with Crippen LogP contribution in [0.1, 0.15) is 22.4 Å². The molecule has 0 saturated carbocycles. The number of anilines is 1. The second kappa shape index (κ2) is 4.69. The molecule has 21 heavy (non-hydrogen) atoms. The Balaban J connectivity index is 2.11. The minimum Gasteiger partial charge on any atom is -0.383 e. The SMILES string of the molecule is Cc1nn(Cc2cn3ccccc3c2C#N)c(N)c1C#N. The third-order valence-electron chi connectivity index (χ3n) is 3.47. The van der Waals surface area contributed by atoms with Crippen molar-refractivity contribution in [3.8, 4) is 12.1 Å². The molecule has 0 aliphatic heterocycles. The molecular formula is C15H12N6. The molecule has 0 fully saturated rings. The molecule has 102 valence electrons. The highest BCUT2D eigenvalue weighted by atomic mass is 15.3. The van der Waals surface area contributed by atoms with Gasteiger partial charge in [0.25, 0.3) is 0 Å². The molecule has 0 spiro atoms. The average molecular weight is 276 g/mol. The van der Waals surface area contributed by atoms with E-state index in [4.69, 9.17) is 11.0 Å². The molecule has 0 aromatic carbocycles.